The number of anilines is 1. The summed E-state index contributed by atoms with van der Waals surface area (Å²) in [6, 6.07) is 3.83. The Bertz CT molecular complexity index is 536. The predicted molar refractivity (Wildman–Crippen MR) is 60.1 cm³/mol. The summed E-state index contributed by atoms with van der Waals surface area (Å²) in [6.45, 7) is 0. The van der Waals surface area contributed by atoms with Crippen molar-refractivity contribution in [2.45, 2.75) is 24.9 Å². The number of nitrogens with one attached hydrogen (secondary N) is 1. The van der Waals surface area contributed by atoms with Crippen LogP contribution in [0.3, 0.4) is 0 Å². The number of aromatic carboxylic acids is 1. The molecule has 1 aliphatic rings. The molecule has 1 saturated carbocycles. The van der Waals surface area contributed by atoms with Crippen LogP contribution in [0.25, 0.3) is 0 Å². The van der Waals surface area contributed by atoms with E-state index >= 15 is 0 Å². The maximum atomic E-state index is 12.2. The number of alkyl halides is 3. The van der Waals surface area contributed by atoms with Crippen molar-refractivity contribution in [1.29, 1.82) is 0 Å². The standard InChI is InChI=1S/C12H10F3NO3/c13-12(14,15)11(19)16-9-5-7(10(17)18)3-4-8(9)6-1-2-6/h3-6H,1-2H2,(H,16,19)(H,17,18). The molecule has 1 fully saturated rings. The lowest BCUT2D eigenvalue weighted by Gasteiger charge is -2.13. The first-order chi connectivity index (χ1) is 8.79. The van der Waals surface area contributed by atoms with E-state index in [9.17, 15) is 22.8 Å². The normalized spacial score (nSPS) is 15.1. The highest BCUT2D eigenvalue weighted by Crippen LogP contribution is 2.43. The van der Waals surface area contributed by atoms with Gasteiger partial charge in [0.15, 0.2) is 0 Å². The van der Waals surface area contributed by atoms with Crippen LogP contribution in [-0.2, 0) is 4.79 Å². The molecule has 0 saturated heterocycles. The van der Waals surface area contributed by atoms with Gasteiger partial charge in [-0.1, -0.05) is 6.07 Å². The van der Waals surface area contributed by atoms with Crippen LogP contribution in [0, 0.1) is 0 Å². The Hall–Kier alpha value is -2.05. The fraction of sp³-hybridized carbons (Fsp3) is 0.333. The number of hydrogen-bond donors (Lipinski definition) is 2. The van der Waals surface area contributed by atoms with Gasteiger partial charge >= 0.3 is 18.1 Å². The number of rotatable bonds is 3. The molecule has 1 aliphatic carbocycles. The van der Waals surface area contributed by atoms with Gasteiger partial charge in [-0.25, -0.2) is 4.79 Å². The molecule has 7 heteroatoms. The SMILES string of the molecule is O=C(O)c1ccc(C2CC2)c(NC(=O)C(F)(F)F)c1. The minimum Gasteiger partial charge on any atom is -0.478 e. The molecular weight excluding hydrogens is 263 g/mol. The molecule has 0 unspecified atom stereocenters. The van der Waals surface area contributed by atoms with E-state index in [1.807, 2.05) is 0 Å². The maximum absolute atomic E-state index is 12.2. The molecule has 102 valence electrons. The Balaban J connectivity index is 2.32. The second kappa shape index (κ2) is 4.56. The van der Waals surface area contributed by atoms with Gasteiger partial charge in [0.2, 0.25) is 0 Å². The molecule has 4 nitrogen and oxygen atoms in total. The number of carboxylic acids is 1. The van der Waals surface area contributed by atoms with Crippen LogP contribution >= 0.6 is 0 Å². The van der Waals surface area contributed by atoms with Crippen molar-refractivity contribution in [3.05, 3.63) is 29.3 Å². The largest absolute Gasteiger partial charge is 0.478 e. The lowest BCUT2D eigenvalue weighted by molar-refractivity contribution is -0.167. The number of amides is 1. The Kier molecular flexibility index (Phi) is 3.21. The summed E-state index contributed by atoms with van der Waals surface area (Å²) < 4.78 is 36.6. The van der Waals surface area contributed by atoms with Crippen molar-refractivity contribution in [3.8, 4) is 0 Å². The van der Waals surface area contributed by atoms with Crippen LogP contribution in [0.4, 0.5) is 18.9 Å². The Labute approximate surface area is 106 Å². The number of carboxylic acid groups (broad SMARTS) is 1. The summed E-state index contributed by atoms with van der Waals surface area (Å²) in [7, 11) is 0. The monoisotopic (exact) mass is 273 g/mol. The molecule has 1 amide bonds. The van der Waals surface area contributed by atoms with Gasteiger partial charge in [-0.3, -0.25) is 4.79 Å². The van der Waals surface area contributed by atoms with E-state index < -0.39 is 18.1 Å². The van der Waals surface area contributed by atoms with Crippen LogP contribution in [0.1, 0.15) is 34.7 Å². The van der Waals surface area contributed by atoms with Crippen LogP contribution in [0.5, 0.6) is 0 Å². The average molecular weight is 273 g/mol. The second-order valence-electron chi connectivity index (χ2n) is 4.33. The van der Waals surface area contributed by atoms with E-state index in [1.165, 1.54) is 12.1 Å². The Morgan fingerprint density at radius 2 is 1.89 bits per heavy atom. The molecule has 0 radical (unpaired) electrons. The molecule has 1 aromatic carbocycles. The van der Waals surface area contributed by atoms with Gasteiger partial charge in [-0.05, 0) is 36.5 Å². The van der Waals surface area contributed by atoms with Gasteiger partial charge in [0.25, 0.3) is 0 Å². The zero-order valence-corrected chi connectivity index (χ0v) is 9.62. The van der Waals surface area contributed by atoms with Gasteiger partial charge in [-0.15, -0.1) is 0 Å². The summed E-state index contributed by atoms with van der Waals surface area (Å²) in [5, 5.41) is 10.6. The van der Waals surface area contributed by atoms with Crippen LogP contribution in [0.2, 0.25) is 0 Å². The summed E-state index contributed by atoms with van der Waals surface area (Å²) in [5.41, 5.74) is 0.300. The molecule has 0 aliphatic heterocycles. The fourth-order valence-corrected chi connectivity index (χ4v) is 1.74. The Morgan fingerprint density at radius 3 is 2.37 bits per heavy atom. The lowest BCUT2D eigenvalue weighted by atomic mass is 10.0. The number of halogens is 3. The van der Waals surface area contributed by atoms with Crippen molar-refractivity contribution in [1.82, 2.24) is 0 Å². The molecule has 2 N–H and O–H groups in total. The van der Waals surface area contributed by atoms with E-state index in [0.717, 1.165) is 18.9 Å². The van der Waals surface area contributed by atoms with Crippen LogP contribution in [0.15, 0.2) is 18.2 Å². The minimum atomic E-state index is -5.00. The zero-order valence-electron chi connectivity index (χ0n) is 9.62. The zero-order chi connectivity index (χ0) is 14.2. The number of benzene rings is 1. The van der Waals surface area contributed by atoms with Gasteiger partial charge in [0, 0.05) is 5.69 Å². The number of hydrogen-bond acceptors (Lipinski definition) is 2. The van der Waals surface area contributed by atoms with Crippen LogP contribution < -0.4 is 5.32 Å². The van der Waals surface area contributed by atoms with Gasteiger partial charge in [0.1, 0.15) is 0 Å². The molecule has 0 aromatic heterocycles. The molecule has 0 bridgehead atoms. The van der Waals surface area contributed by atoms with E-state index in [1.54, 1.807) is 5.32 Å². The maximum Gasteiger partial charge on any atom is 0.471 e. The van der Waals surface area contributed by atoms with Crippen molar-refractivity contribution in [3.63, 3.8) is 0 Å². The Morgan fingerprint density at radius 1 is 1.26 bits per heavy atom. The minimum absolute atomic E-state index is 0.0790. The van der Waals surface area contributed by atoms with Crippen molar-refractivity contribution in [2.24, 2.45) is 0 Å². The number of carbonyl (C=O) groups is 2. The van der Waals surface area contributed by atoms with Gasteiger partial charge in [0.05, 0.1) is 5.56 Å². The topological polar surface area (TPSA) is 66.4 Å². The smallest absolute Gasteiger partial charge is 0.471 e. The number of carbonyl (C=O) groups excluding carboxylic acids is 1. The quantitative estimate of drug-likeness (QED) is 0.889. The molecule has 0 atom stereocenters. The highest BCUT2D eigenvalue weighted by atomic mass is 19.4. The van der Waals surface area contributed by atoms with E-state index in [-0.39, 0.29) is 17.2 Å². The van der Waals surface area contributed by atoms with E-state index in [0.29, 0.717) is 5.56 Å². The van der Waals surface area contributed by atoms with Gasteiger partial charge in [-0.2, -0.15) is 13.2 Å². The first kappa shape index (κ1) is 13.4. The first-order valence-electron chi connectivity index (χ1n) is 5.54. The molecule has 19 heavy (non-hydrogen) atoms. The molecule has 1 aromatic rings. The van der Waals surface area contributed by atoms with Gasteiger partial charge < -0.3 is 10.4 Å². The second-order valence-corrected chi connectivity index (χ2v) is 4.33. The molecule has 0 spiro atoms. The fourth-order valence-electron chi connectivity index (χ4n) is 1.74. The lowest BCUT2D eigenvalue weighted by Crippen LogP contribution is -2.30. The van der Waals surface area contributed by atoms with Crippen molar-refractivity contribution in [2.75, 3.05) is 5.32 Å². The van der Waals surface area contributed by atoms with E-state index in [4.69, 9.17) is 5.11 Å². The third-order valence-corrected chi connectivity index (χ3v) is 2.82. The predicted octanol–water partition coefficient (Wildman–Crippen LogP) is 2.76. The third kappa shape index (κ3) is 3.04. The van der Waals surface area contributed by atoms with Crippen molar-refractivity contribution >= 4 is 17.6 Å². The average Bonchev–Trinajstić information content (AvgIpc) is 3.11. The summed E-state index contributed by atoms with van der Waals surface area (Å²) >= 11 is 0. The third-order valence-electron chi connectivity index (χ3n) is 2.82. The highest BCUT2D eigenvalue weighted by molar-refractivity contribution is 5.97. The highest BCUT2D eigenvalue weighted by Gasteiger charge is 2.39. The van der Waals surface area contributed by atoms with E-state index in [2.05, 4.69) is 0 Å². The summed E-state index contributed by atoms with van der Waals surface area (Å²) in [4.78, 5) is 21.7. The van der Waals surface area contributed by atoms with Crippen molar-refractivity contribution < 1.29 is 27.9 Å². The molecule has 0 heterocycles. The first-order valence-corrected chi connectivity index (χ1v) is 5.54. The molecular formula is C12H10F3NO3. The van der Waals surface area contributed by atoms with Crippen LogP contribution in [-0.4, -0.2) is 23.2 Å². The summed E-state index contributed by atoms with van der Waals surface area (Å²) in [6.07, 6.45) is -3.36. The summed E-state index contributed by atoms with van der Waals surface area (Å²) in [5.74, 6) is -3.27. The molecule has 2 rings (SSSR count).